The van der Waals surface area contributed by atoms with Crippen molar-refractivity contribution >= 4 is 11.9 Å². The lowest BCUT2D eigenvalue weighted by molar-refractivity contribution is -0.137. The third-order valence-corrected chi connectivity index (χ3v) is 4.08. The summed E-state index contributed by atoms with van der Waals surface area (Å²) >= 11 is 0. The molecule has 7 nitrogen and oxygen atoms in total. The second-order valence-electron chi connectivity index (χ2n) is 5.56. The molecule has 0 atom stereocenters. The molecule has 1 aromatic carbocycles. The van der Waals surface area contributed by atoms with Crippen LogP contribution in [0.25, 0.3) is 0 Å². The zero-order valence-corrected chi connectivity index (χ0v) is 15.4. The van der Waals surface area contributed by atoms with Crippen LogP contribution in [0, 0.1) is 0 Å². The Morgan fingerprint density at radius 1 is 0.962 bits per heavy atom. The van der Waals surface area contributed by atoms with E-state index in [1.807, 2.05) is 18.2 Å². The summed E-state index contributed by atoms with van der Waals surface area (Å²) < 4.78 is 20.4. The fourth-order valence-corrected chi connectivity index (χ4v) is 2.85. The molecule has 7 heteroatoms. The van der Waals surface area contributed by atoms with Gasteiger partial charge in [-0.25, -0.2) is 9.59 Å². The van der Waals surface area contributed by atoms with Crippen LogP contribution in [-0.4, -0.2) is 58.4 Å². The van der Waals surface area contributed by atoms with E-state index in [4.69, 9.17) is 18.9 Å². The lowest BCUT2D eigenvalue weighted by Gasteiger charge is -2.30. The van der Waals surface area contributed by atoms with Gasteiger partial charge in [0.05, 0.1) is 45.0 Å². The van der Waals surface area contributed by atoms with E-state index < -0.39 is 17.9 Å². The highest BCUT2D eigenvalue weighted by Crippen LogP contribution is 2.40. The second kappa shape index (κ2) is 9.05. The van der Waals surface area contributed by atoms with E-state index in [0.717, 1.165) is 0 Å². The van der Waals surface area contributed by atoms with Crippen molar-refractivity contribution in [1.29, 1.82) is 0 Å². The monoisotopic (exact) mass is 361 g/mol. The van der Waals surface area contributed by atoms with Crippen molar-refractivity contribution in [2.75, 3.05) is 41.6 Å². The van der Waals surface area contributed by atoms with Crippen LogP contribution in [0.2, 0.25) is 0 Å². The number of rotatable bonds is 7. The molecule has 0 bridgehead atoms. The van der Waals surface area contributed by atoms with E-state index in [1.165, 1.54) is 21.3 Å². The van der Waals surface area contributed by atoms with Crippen molar-refractivity contribution in [1.82, 2.24) is 4.90 Å². The van der Waals surface area contributed by atoms with Crippen LogP contribution in [0.5, 0.6) is 5.75 Å². The minimum Gasteiger partial charge on any atom is -0.496 e. The summed E-state index contributed by atoms with van der Waals surface area (Å²) in [6, 6.07) is 7.22. The quantitative estimate of drug-likeness (QED) is 0.686. The summed E-state index contributed by atoms with van der Waals surface area (Å²) in [6.45, 7) is 0.894. The molecule has 0 saturated heterocycles. The Labute approximate surface area is 152 Å². The molecule has 1 heterocycles. The van der Waals surface area contributed by atoms with Gasteiger partial charge in [0, 0.05) is 31.6 Å². The summed E-state index contributed by atoms with van der Waals surface area (Å²) in [7, 11) is 5.73. The summed E-state index contributed by atoms with van der Waals surface area (Å²) in [6.07, 6.45) is 3.32. The van der Waals surface area contributed by atoms with Gasteiger partial charge in [0.1, 0.15) is 5.75 Å². The lowest BCUT2D eigenvalue weighted by atomic mass is 9.83. The highest BCUT2D eigenvalue weighted by Gasteiger charge is 2.36. The second-order valence-corrected chi connectivity index (χ2v) is 5.56. The number of carbonyl (C=O) groups is 2. The van der Waals surface area contributed by atoms with E-state index in [-0.39, 0.29) is 0 Å². The van der Waals surface area contributed by atoms with Gasteiger partial charge < -0.3 is 23.8 Å². The summed E-state index contributed by atoms with van der Waals surface area (Å²) in [4.78, 5) is 26.6. The fourth-order valence-electron chi connectivity index (χ4n) is 2.85. The Hall–Kier alpha value is -2.80. The Morgan fingerprint density at radius 3 is 2.04 bits per heavy atom. The number of methoxy groups -OCH3 is 4. The zero-order chi connectivity index (χ0) is 19.1. The maximum Gasteiger partial charge on any atom is 0.336 e. The molecule has 1 aliphatic heterocycles. The molecule has 0 aromatic heterocycles. The van der Waals surface area contributed by atoms with Crippen molar-refractivity contribution < 1.29 is 28.5 Å². The molecule has 2 rings (SSSR count). The SMILES string of the molecule is COCCN1C=C(C(=O)OC)C(c2ccccc2OC)C(C(=O)OC)=C1. The van der Waals surface area contributed by atoms with Crippen LogP contribution in [0.3, 0.4) is 0 Å². The Bertz CT molecular complexity index is 690. The molecule has 0 saturated carbocycles. The largest absolute Gasteiger partial charge is 0.496 e. The number of para-hydroxylation sites is 1. The van der Waals surface area contributed by atoms with Crippen LogP contribution in [-0.2, 0) is 23.8 Å². The highest BCUT2D eigenvalue weighted by atomic mass is 16.5. The zero-order valence-electron chi connectivity index (χ0n) is 15.4. The number of hydrogen-bond acceptors (Lipinski definition) is 7. The van der Waals surface area contributed by atoms with E-state index in [9.17, 15) is 9.59 Å². The number of ether oxygens (including phenoxy) is 4. The number of hydrogen-bond donors (Lipinski definition) is 0. The van der Waals surface area contributed by atoms with Gasteiger partial charge in [-0.05, 0) is 6.07 Å². The van der Waals surface area contributed by atoms with Gasteiger partial charge in [-0.1, -0.05) is 18.2 Å². The maximum atomic E-state index is 12.5. The summed E-state index contributed by atoms with van der Waals surface area (Å²) in [5.74, 6) is -1.16. The van der Waals surface area contributed by atoms with Gasteiger partial charge in [0.2, 0.25) is 0 Å². The normalized spacial score (nSPS) is 14.4. The molecule has 0 N–H and O–H groups in total. The average molecular weight is 361 g/mol. The van der Waals surface area contributed by atoms with E-state index in [2.05, 4.69) is 0 Å². The van der Waals surface area contributed by atoms with Crippen LogP contribution < -0.4 is 4.74 Å². The van der Waals surface area contributed by atoms with Crippen molar-refractivity contribution in [3.05, 3.63) is 53.4 Å². The maximum absolute atomic E-state index is 12.5. The average Bonchev–Trinajstić information content (AvgIpc) is 2.70. The van der Waals surface area contributed by atoms with Crippen molar-refractivity contribution in [3.63, 3.8) is 0 Å². The Morgan fingerprint density at radius 2 is 1.54 bits per heavy atom. The van der Waals surface area contributed by atoms with Crippen LogP contribution in [0.1, 0.15) is 11.5 Å². The molecule has 26 heavy (non-hydrogen) atoms. The predicted octanol–water partition coefficient (Wildman–Crippen LogP) is 1.85. The molecule has 0 spiro atoms. The third kappa shape index (κ3) is 4.05. The van der Waals surface area contributed by atoms with Gasteiger partial charge >= 0.3 is 11.9 Å². The number of benzene rings is 1. The minimum atomic E-state index is -0.662. The van der Waals surface area contributed by atoms with Gasteiger partial charge in [0.15, 0.2) is 0 Å². The van der Waals surface area contributed by atoms with Gasteiger partial charge in [-0.2, -0.15) is 0 Å². The first kappa shape index (κ1) is 19.5. The molecular formula is C19H23NO6. The van der Waals surface area contributed by atoms with E-state index in [0.29, 0.717) is 35.6 Å². The van der Waals surface area contributed by atoms with Gasteiger partial charge in [-0.15, -0.1) is 0 Å². The van der Waals surface area contributed by atoms with Crippen LogP contribution in [0.4, 0.5) is 0 Å². The van der Waals surface area contributed by atoms with Crippen LogP contribution in [0.15, 0.2) is 47.8 Å². The predicted molar refractivity (Wildman–Crippen MR) is 94.5 cm³/mol. The van der Waals surface area contributed by atoms with Crippen molar-refractivity contribution in [2.45, 2.75) is 5.92 Å². The lowest BCUT2D eigenvalue weighted by Crippen LogP contribution is -2.30. The number of carbonyl (C=O) groups excluding carboxylic acids is 2. The first-order valence-electron chi connectivity index (χ1n) is 8.05. The highest BCUT2D eigenvalue weighted by molar-refractivity contribution is 5.98. The molecule has 0 unspecified atom stereocenters. The third-order valence-electron chi connectivity index (χ3n) is 4.08. The van der Waals surface area contributed by atoms with Gasteiger partial charge in [-0.3, -0.25) is 0 Å². The molecule has 0 amide bonds. The summed E-state index contributed by atoms with van der Waals surface area (Å²) in [5.41, 5.74) is 1.31. The summed E-state index contributed by atoms with van der Waals surface area (Å²) in [5, 5.41) is 0. The van der Waals surface area contributed by atoms with E-state index >= 15 is 0 Å². The van der Waals surface area contributed by atoms with E-state index in [1.54, 1.807) is 30.5 Å². The van der Waals surface area contributed by atoms with Crippen LogP contribution >= 0.6 is 0 Å². The van der Waals surface area contributed by atoms with Crippen molar-refractivity contribution in [2.24, 2.45) is 0 Å². The Balaban J connectivity index is 2.60. The Kier molecular flexibility index (Phi) is 6.80. The molecule has 140 valence electrons. The molecular weight excluding hydrogens is 338 g/mol. The van der Waals surface area contributed by atoms with Gasteiger partial charge in [0.25, 0.3) is 0 Å². The molecule has 0 radical (unpaired) electrons. The number of nitrogens with zero attached hydrogens (tertiary/aromatic N) is 1. The molecule has 1 aliphatic rings. The fraction of sp³-hybridized carbons (Fsp3) is 0.368. The number of esters is 2. The first-order chi connectivity index (χ1) is 12.6. The standard InChI is InChI=1S/C19H23NO6/c1-23-10-9-20-11-14(18(21)25-3)17(15(12-20)19(22)26-4)13-7-5-6-8-16(13)24-2/h5-8,11-12,17H,9-10H2,1-4H3. The molecule has 0 aliphatic carbocycles. The van der Waals surface area contributed by atoms with Crippen molar-refractivity contribution in [3.8, 4) is 5.75 Å². The minimum absolute atomic E-state index is 0.316. The molecule has 1 aromatic rings. The smallest absolute Gasteiger partial charge is 0.336 e. The first-order valence-corrected chi connectivity index (χ1v) is 8.05. The molecule has 0 fully saturated rings. The topological polar surface area (TPSA) is 74.3 Å².